The maximum Gasteiger partial charge on any atom is 0.143 e. The molecular weight excluding hydrogens is 202 g/mol. The Morgan fingerprint density at radius 3 is 2.94 bits per heavy atom. The summed E-state index contributed by atoms with van der Waals surface area (Å²) < 4.78 is 1.72. The Morgan fingerprint density at radius 2 is 2.12 bits per heavy atom. The first-order valence-corrected chi connectivity index (χ1v) is 5.07. The molecule has 0 unspecified atom stereocenters. The molecule has 80 valence electrons. The van der Waals surface area contributed by atoms with Crippen LogP contribution in [0.5, 0.6) is 0 Å². The van der Waals surface area contributed by atoms with Crippen LogP contribution in [-0.4, -0.2) is 21.8 Å². The highest BCUT2D eigenvalue weighted by molar-refractivity contribution is 6.03. The third kappa shape index (κ3) is 1.10. The SMILES string of the molecule is COn1c(C)nc2c3cnccc3ccc21. The van der Waals surface area contributed by atoms with Gasteiger partial charge in [-0.15, -0.1) is 0 Å². The molecule has 0 radical (unpaired) electrons. The minimum Gasteiger partial charge on any atom is -0.415 e. The second-order valence-corrected chi connectivity index (χ2v) is 3.67. The molecule has 4 heteroatoms. The molecule has 0 saturated heterocycles. The van der Waals surface area contributed by atoms with E-state index in [9.17, 15) is 0 Å². The van der Waals surface area contributed by atoms with E-state index in [-0.39, 0.29) is 0 Å². The number of aryl methyl sites for hydroxylation is 1. The third-order valence-electron chi connectivity index (χ3n) is 2.74. The summed E-state index contributed by atoms with van der Waals surface area (Å²) in [5.41, 5.74) is 1.91. The molecule has 0 aliphatic rings. The Hall–Kier alpha value is -2.10. The summed E-state index contributed by atoms with van der Waals surface area (Å²) in [6.45, 7) is 1.92. The van der Waals surface area contributed by atoms with E-state index in [1.807, 2.05) is 25.3 Å². The van der Waals surface area contributed by atoms with Crippen LogP contribution in [-0.2, 0) is 0 Å². The van der Waals surface area contributed by atoms with E-state index in [1.54, 1.807) is 18.0 Å². The van der Waals surface area contributed by atoms with Gasteiger partial charge in [-0.05, 0) is 24.4 Å². The van der Waals surface area contributed by atoms with Gasteiger partial charge in [0.15, 0.2) is 0 Å². The van der Waals surface area contributed by atoms with E-state index in [0.717, 1.165) is 27.6 Å². The van der Waals surface area contributed by atoms with Gasteiger partial charge in [0.25, 0.3) is 0 Å². The van der Waals surface area contributed by atoms with Gasteiger partial charge < -0.3 is 4.84 Å². The van der Waals surface area contributed by atoms with Gasteiger partial charge in [-0.2, -0.15) is 4.73 Å². The van der Waals surface area contributed by atoms with Crippen molar-refractivity contribution in [2.24, 2.45) is 0 Å². The van der Waals surface area contributed by atoms with Gasteiger partial charge in [0.1, 0.15) is 24.0 Å². The molecule has 0 N–H and O–H groups in total. The fraction of sp³-hybridized carbons (Fsp3) is 0.167. The maximum atomic E-state index is 5.28. The van der Waals surface area contributed by atoms with Crippen molar-refractivity contribution in [3.63, 3.8) is 0 Å². The van der Waals surface area contributed by atoms with Gasteiger partial charge >= 0.3 is 0 Å². The molecule has 2 heterocycles. The van der Waals surface area contributed by atoms with Crippen molar-refractivity contribution in [3.05, 3.63) is 36.4 Å². The molecule has 16 heavy (non-hydrogen) atoms. The highest BCUT2D eigenvalue weighted by Crippen LogP contribution is 2.24. The zero-order valence-corrected chi connectivity index (χ0v) is 9.14. The molecule has 0 spiro atoms. The average Bonchev–Trinajstić information content (AvgIpc) is 2.65. The second kappa shape index (κ2) is 3.20. The Balaban J connectivity index is 2.52. The Kier molecular flexibility index (Phi) is 1.83. The fourth-order valence-corrected chi connectivity index (χ4v) is 2.03. The number of pyridine rings is 1. The number of imidazole rings is 1. The smallest absolute Gasteiger partial charge is 0.143 e. The Morgan fingerprint density at radius 1 is 1.25 bits per heavy atom. The van der Waals surface area contributed by atoms with Gasteiger partial charge in [0.05, 0.1) is 0 Å². The van der Waals surface area contributed by atoms with E-state index in [0.29, 0.717) is 0 Å². The van der Waals surface area contributed by atoms with Gasteiger partial charge in [-0.1, -0.05) is 6.07 Å². The highest BCUT2D eigenvalue weighted by Gasteiger charge is 2.10. The normalized spacial score (nSPS) is 11.1. The molecule has 3 rings (SSSR count). The number of fused-ring (bicyclic) bond motifs is 3. The molecule has 1 aromatic carbocycles. The van der Waals surface area contributed by atoms with Crippen LogP contribution in [0.2, 0.25) is 0 Å². The molecule has 4 nitrogen and oxygen atoms in total. The summed E-state index contributed by atoms with van der Waals surface area (Å²) >= 11 is 0. The number of hydrogen-bond acceptors (Lipinski definition) is 3. The molecule has 0 atom stereocenters. The maximum absolute atomic E-state index is 5.28. The molecule has 0 aliphatic carbocycles. The molecule has 3 aromatic rings. The average molecular weight is 213 g/mol. The largest absolute Gasteiger partial charge is 0.415 e. The summed E-state index contributed by atoms with van der Waals surface area (Å²) in [4.78, 5) is 13.9. The van der Waals surface area contributed by atoms with E-state index >= 15 is 0 Å². The fourth-order valence-electron chi connectivity index (χ4n) is 2.03. The van der Waals surface area contributed by atoms with Crippen molar-refractivity contribution in [2.45, 2.75) is 6.92 Å². The molecule has 0 amide bonds. The zero-order chi connectivity index (χ0) is 11.1. The summed E-state index contributed by atoms with van der Waals surface area (Å²) in [6.07, 6.45) is 3.62. The second-order valence-electron chi connectivity index (χ2n) is 3.67. The minimum atomic E-state index is 0.842. The first kappa shape index (κ1) is 9.15. The number of rotatable bonds is 1. The minimum absolute atomic E-state index is 0.842. The molecule has 0 saturated carbocycles. The highest BCUT2D eigenvalue weighted by atomic mass is 16.6. The number of aromatic nitrogens is 3. The third-order valence-corrected chi connectivity index (χ3v) is 2.74. The lowest BCUT2D eigenvalue weighted by atomic mass is 10.1. The monoisotopic (exact) mass is 213 g/mol. The van der Waals surface area contributed by atoms with Gasteiger partial charge in [0.2, 0.25) is 0 Å². The standard InChI is InChI=1S/C12H11N3O/c1-8-14-12-10-7-13-6-5-9(10)3-4-11(12)15(8)16-2/h3-7H,1-2H3. The Labute approximate surface area is 92.5 Å². The van der Waals surface area contributed by atoms with E-state index in [2.05, 4.69) is 16.0 Å². The predicted octanol–water partition coefficient (Wildman–Crippen LogP) is 1.95. The summed E-state index contributed by atoms with van der Waals surface area (Å²) in [5.74, 6) is 0.842. The molecule has 0 aliphatic heterocycles. The Bertz CT molecular complexity index is 672. The van der Waals surface area contributed by atoms with E-state index in [4.69, 9.17) is 4.84 Å². The topological polar surface area (TPSA) is 39.9 Å². The molecule has 0 fully saturated rings. The lowest BCUT2D eigenvalue weighted by Gasteiger charge is -2.03. The quantitative estimate of drug-likeness (QED) is 0.620. The van der Waals surface area contributed by atoms with Gasteiger partial charge in [0, 0.05) is 17.8 Å². The van der Waals surface area contributed by atoms with Crippen LogP contribution in [0.4, 0.5) is 0 Å². The first-order valence-electron chi connectivity index (χ1n) is 5.07. The lowest BCUT2D eigenvalue weighted by Crippen LogP contribution is -2.06. The molecule has 2 aromatic heterocycles. The number of hydrogen-bond donors (Lipinski definition) is 0. The summed E-state index contributed by atoms with van der Waals surface area (Å²) in [5, 5.41) is 2.20. The van der Waals surface area contributed by atoms with Gasteiger partial charge in [-0.3, -0.25) is 4.98 Å². The summed E-state index contributed by atoms with van der Waals surface area (Å²) in [7, 11) is 1.64. The van der Waals surface area contributed by atoms with Crippen LogP contribution < -0.4 is 4.84 Å². The van der Waals surface area contributed by atoms with Crippen molar-refractivity contribution < 1.29 is 4.84 Å². The van der Waals surface area contributed by atoms with Crippen LogP contribution in [0.3, 0.4) is 0 Å². The zero-order valence-electron chi connectivity index (χ0n) is 9.14. The van der Waals surface area contributed by atoms with Crippen molar-refractivity contribution in [3.8, 4) is 0 Å². The van der Waals surface area contributed by atoms with Crippen LogP contribution >= 0.6 is 0 Å². The molecule has 0 bridgehead atoms. The van der Waals surface area contributed by atoms with Crippen molar-refractivity contribution in [1.29, 1.82) is 0 Å². The van der Waals surface area contributed by atoms with Crippen LogP contribution in [0.1, 0.15) is 5.82 Å². The van der Waals surface area contributed by atoms with Crippen molar-refractivity contribution >= 4 is 21.8 Å². The number of benzene rings is 1. The molecular formula is C12H11N3O. The van der Waals surface area contributed by atoms with Crippen molar-refractivity contribution in [1.82, 2.24) is 14.7 Å². The van der Waals surface area contributed by atoms with Crippen LogP contribution in [0.25, 0.3) is 21.8 Å². The summed E-state index contributed by atoms with van der Waals surface area (Å²) in [6, 6.07) is 6.05. The van der Waals surface area contributed by atoms with E-state index in [1.165, 1.54) is 0 Å². The number of nitrogens with zero attached hydrogens (tertiary/aromatic N) is 3. The van der Waals surface area contributed by atoms with Crippen LogP contribution in [0, 0.1) is 6.92 Å². The first-order chi connectivity index (χ1) is 7.81. The van der Waals surface area contributed by atoms with Crippen molar-refractivity contribution in [2.75, 3.05) is 7.11 Å². The van der Waals surface area contributed by atoms with E-state index < -0.39 is 0 Å². The predicted molar refractivity (Wildman–Crippen MR) is 62.3 cm³/mol. The van der Waals surface area contributed by atoms with Crippen LogP contribution in [0.15, 0.2) is 30.6 Å². The van der Waals surface area contributed by atoms with Gasteiger partial charge in [-0.25, -0.2) is 4.98 Å². The lowest BCUT2D eigenvalue weighted by molar-refractivity contribution is 0.171.